The summed E-state index contributed by atoms with van der Waals surface area (Å²) in [4.78, 5) is 43.4. The molecule has 6 N–H and O–H groups in total. The number of carbonyl (C=O) groups excluding carboxylic acids is 3. The molecule has 2 aromatic rings. The number of hydrazone groups is 1. The molecule has 5 bridgehead atoms. The van der Waals surface area contributed by atoms with E-state index in [0.29, 0.717) is 13.1 Å². The number of allylic oxidation sites excluding steroid dienone is 2. The van der Waals surface area contributed by atoms with Gasteiger partial charge in [0.05, 0.1) is 53.0 Å². The molecule has 0 aromatic heterocycles. The zero-order valence-corrected chi connectivity index (χ0v) is 41.0. The van der Waals surface area contributed by atoms with E-state index in [1.54, 1.807) is 46.8 Å². The third-order valence-electron chi connectivity index (χ3n) is 13.8. The summed E-state index contributed by atoms with van der Waals surface area (Å²) in [6.45, 7) is 18.7. The van der Waals surface area contributed by atoms with Crippen molar-refractivity contribution in [3.63, 3.8) is 0 Å². The smallest absolute Gasteiger partial charge is 0.312 e. The van der Waals surface area contributed by atoms with Crippen LogP contribution < -0.4 is 10.1 Å². The number of aliphatic hydroxyl groups excluding tert-OH is 2. The van der Waals surface area contributed by atoms with E-state index in [0.717, 1.165) is 32.5 Å². The number of unbranched alkanes of at least 4 members (excludes halogenated alkanes) is 5. The number of phenols is 3. The number of nitrogens with one attached hydrogen (secondary N) is 1. The molecule has 0 saturated carbocycles. The lowest BCUT2D eigenvalue weighted by Crippen LogP contribution is -2.46. The van der Waals surface area contributed by atoms with E-state index in [1.807, 2.05) is 5.01 Å². The van der Waals surface area contributed by atoms with Gasteiger partial charge in [0.2, 0.25) is 0 Å². The third kappa shape index (κ3) is 11.9. The summed E-state index contributed by atoms with van der Waals surface area (Å²) in [6, 6.07) is 0. The Morgan fingerprint density at radius 1 is 0.910 bits per heavy atom. The van der Waals surface area contributed by atoms with Crippen LogP contribution in [0.1, 0.15) is 122 Å². The Morgan fingerprint density at radius 3 is 2.30 bits per heavy atom. The molecule has 1 amide bonds. The fourth-order valence-corrected chi connectivity index (χ4v) is 9.42. The van der Waals surface area contributed by atoms with Gasteiger partial charge in [-0.3, -0.25) is 19.4 Å². The molecule has 16 heteroatoms. The summed E-state index contributed by atoms with van der Waals surface area (Å²) < 4.78 is 23.8. The highest BCUT2D eigenvalue weighted by atomic mass is 16.7. The van der Waals surface area contributed by atoms with E-state index >= 15 is 0 Å². The highest BCUT2D eigenvalue weighted by molar-refractivity contribution is 6.23. The predicted molar refractivity (Wildman–Crippen MR) is 257 cm³/mol. The molecule has 4 aliphatic rings. The topological polar surface area (TPSA) is 220 Å². The first kappa shape index (κ1) is 52.8. The van der Waals surface area contributed by atoms with Crippen LogP contribution in [0.2, 0.25) is 0 Å². The number of benzene rings is 2. The normalized spacial score (nSPS) is 28.1. The van der Waals surface area contributed by atoms with Gasteiger partial charge in [0.1, 0.15) is 23.4 Å². The minimum atomic E-state index is -2.05. The minimum Gasteiger partial charge on any atom is -0.507 e. The quantitative estimate of drug-likeness (QED) is 0.0424. The highest BCUT2D eigenvalue weighted by Gasteiger charge is 2.50. The largest absolute Gasteiger partial charge is 0.507 e. The number of phenolic OH excluding ortho intramolecular Hbond substituents is 3. The van der Waals surface area contributed by atoms with Gasteiger partial charge < -0.3 is 54.7 Å². The zero-order chi connectivity index (χ0) is 49.3. The van der Waals surface area contributed by atoms with Crippen molar-refractivity contribution in [2.45, 2.75) is 137 Å². The standard InChI is InChI=1S/C51H74N4O12/c1-11-12-13-14-15-16-22-54-23-18-24-55(26-25-54)52-28-36-41-46(61)39-38(45(36)60)40-48(34(7)44(39)59)67-51(9,49(40)62)65-27-21-37(64-10)31(4)47(66-35(8)56)33(6)43(58)32(5)42(57)29(2)19-17-20-30(3)50(63)53-41/h17,19-21,27-29,31-33,37,42-43,47,57-61H,11-16,18,22-26H2,1-10H3,(H,53,63)/t29-,31-,32+,33+,37-,42+,43+,47-,51-/m0/s1. The van der Waals surface area contributed by atoms with E-state index in [1.165, 1.54) is 84.6 Å². The summed E-state index contributed by atoms with van der Waals surface area (Å²) in [5, 5.41) is 67.9. The molecule has 4 aliphatic heterocycles. The molecule has 0 aliphatic carbocycles. The average Bonchev–Trinajstić information content (AvgIpc) is 3.40. The molecular weight excluding hydrogens is 861 g/mol. The zero-order valence-electron chi connectivity index (χ0n) is 41.0. The number of ether oxygens (including phenoxy) is 4. The van der Waals surface area contributed by atoms with Gasteiger partial charge in [-0.15, -0.1) is 0 Å². The molecule has 1 fully saturated rings. The van der Waals surface area contributed by atoms with Gasteiger partial charge in [-0.05, 0) is 45.9 Å². The first-order valence-corrected chi connectivity index (χ1v) is 23.9. The van der Waals surface area contributed by atoms with Gasteiger partial charge in [0, 0.05) is 80.8 Å². The maximum atomic E-state index is 14.6. The fraction of sp³-hybridized carbons (Fsp3) is 0.608. The van der Waals surface area contributed by atoms with Crippen LogP contribution in [-0.2, 0) is 23.8 Å². The number of ketones is 1. The van der Waals surface area contributed by atoms with Gasteiger partial charge in [0.25, 0.3) is 11.7 Å². The van der Waals surface area contributed by atoms with Gasteiger partial charge in [-0.25, -0.2) is 0 Å². The van der Waals surface area contributed by atoms with E-state index in [-0.39, 0.29) is 44.5 Å². The van der Waals surface area contributed by atoms with Crippen LogP contribution in [0.5, 0.6) is 23.0 Å². The van der Waals surface area contributed by atoms with Crippen LogP contribution in [0.3, 0.4) is 0 Å². The summed E-state index contributed by atoms with van der Waals surface area (Å²) in [6.07, 6.45) is 13.1. The Hall–Kier alpha value is -5.16. The number of esters is 1. The van der Waals surface area contributed by atoms with Crippen molar-refractivity contribution >= 4 is 40.3 Å². The lowest BCUT2D eigenvalue weighted by atomic mass is 9.78. The Morgan fingerprint density at radius 2 is 1.61 bits per heavy atom. The van der Waals surface area contributed by atoms with Crippen molar-refractivity contribution in [3.8, 4) is 23.0 Å². The Labute approximate surface area is 395 Å². The maximum absolute atomic E-state index is 14.6. The number of hydrogen-bond acceptors (Lipinski definition) is 15. The van der Waals surface area contributed by atoms with Crippen molar-refractivity contribution in [2.24, 2.45) is 28.8 Å². The van der Waals surface area contributed by atoms with E-state index in [9.17, 15) is 39.9 Å². The van der Waals surface area contributed by atoms with Crippen LogP contribution in [0, 0.1) is 30.6 Å². The molecule has 1 saturated heterocycles. The number of amides is 1. The number of nitrogens with zero attached hydrogens (tertiary/aromatic N) is 3. The van der Waals surface area contributed by atoms with E-state index in [2.05, 4.69) is 17.1 Å². The minimum absolute atomic E-state index is 0.0630. The maximum Gasteiger partial charge on any atom is 0.312 e. The average molecular weight is 935 g/mol. The molecule has 0 spiro atoms. The van der Waals surface area contributed by atoms with Crippen LogP contribution >= 0.6 is 0 Å². The first-order valence-electron chi connectivity index (χ1n) is 23.9. The third-order valence-corrected chi connectivity index (χ3v) is 13.8. The van der Waals surface area contributed by atoms with Crippen molar-refractivity contribution in [1.29, 1.82) is 0 Å². The number of hydrogen-bond donors (Lipinski definition) is 6. The van der Waals surface area contributed by atoms with Crippen molar-refractivity contribution in [3.05, 3.63) is 52.8 Å². The Balaban J connectivity index is 1.61. The lowest BCUT2D eigenvalue weighted by Gasteiger charge is -2.38. The molecule has 2 aromatic carbocycles. The SMILES string of the molecule is CCCCCCCCN1CCCN(N=Cc2c3c(O)c4c(O)c(C)c5c(c4c2O)C(=O)[C@@](C)(OC=C[C@H](OC)[C@H](C)[C@H](OC(C)=O)[C@H](C)[C@H](O)[C@H](C)[C@H](O)[C@@H](C)C=CC=C(C)C(=O)N3)O5)CC1. The number of carbonyl (C=O) groups is 3. The van der Waals surface area contributed by atoms with Gasteiger partial charge in [-0.1, -0.05) is 85.0 Å². The highest BCUT2D eigenvalue weighted by Crippen LogP contribution is 2.55. The predicted octanol–water partition coefficient (Wildman–Crippen LogP) is 7.46. The number of Topliss-reactive ketones (excluding diaryl/α,β-unsaturated/α-hetero) is 1. The summed E-state index contributed by atoms with van der Waals surface area (Å²) >= 11 is 0. The number of rotatable bonds is 11. The number of anilines is 1. The molecule has 4 heterocycles. The molecule has 9 atom stereocenters. The number of methoxy groups -OCH3 is 1. The van der Waals surface area contributed by atoms with Crippen molar-refractivity contribution in [2.75, 3.05) is 45.2 Å². The lowest BCUT2D eigenvalue weighted by molar-refractivity contribution is -0.160. The Bertz CT molecular complexity index is 2220. The monoisotopic (exact) mass is 935 g/mol. The summed E-state index contributed by atoms with van der Waals surface area (Å²) in [5.41, 5.74) is -0.293. The van der Waals surface area contributed by atoms with E-state index < -0.39 is 88.8 Å². The van der Waals surface area contributed by atoms with Crippen molar-refractivity contribution in [1.82, 2.24) is 9.91 Å². The number of aliphatic hydroxyl groups is 2. The molecule has 370 valence electrons. The summed E-state index contributed by atoms with van der Waals surface area (Å²) in [5.74, 6) is -8.30. The molecular formula is C51H74N4O12. The Kier molecular flexibility index (Phi) is 18.3. The second-order valence-corrected chi connectivity index (χ2v) is 18.8. The molecule has 0 unspecified atom stereocenters. The first-order chi connectivity index (χ1) is 31.8. The second-order valence-electron chi connectivity index (χ2n) is 18.8. The van der Waals surface area contributed by atoms with Crippen LogP contribution in [-0.4, -0.2) is 129 Å². The number of fused-ring (bicyclic) bond motifs is 14. The van der Waals surface area contributed by atoms with E-state index in [4.69, 9.17) is 24.0 Å². The number of aromatic hydroxyl groups is 3. The van der Waals surface area contributed by atoms with Crippen LogP contribution in [0.4, 0.5) is 5.69 Å². The molecule has 6 rings (SSSR count). The van der Waals surface area contributed by atoms with Crippen LogP contribution in [0.15, 0.2) is 41.2 Å². The van der Waals surface area contributed by atoms with Gasteiger partial charge >= 0.3 is 11.8 Å². The van der Waals surface area contributed by atoms with Crippen LogP contribution in [0.25, 0.3) is 10.8 Å². The van der Waals surface area contributed by atoms with Crippen molar-refractivity contribution < 1.29 is 58.9 Å². The fourth-order valence-electron chi connectivity index (χ4n) is 9.42. The van der Waals surface area contributed by atoms with Gasteiger partial charge in [-0.2, -0.15) is 5.10 Å². The molecule has 16 nitrogen and oxygen atoms in total. The second kappa shape index (κ2) is 23.2. The summed E-state index contributed by atoms with van der Waals surface area (Å²) in [7, 11) is 1.45. The molecule has 0 radical (unpaired) electrons. The van der Waals surface area contributed by atoms with Gasteiger partial charge in [0.15, 0.2) is 5.75 Å². The molecule has 67 heavy (non-hydrogen) atoms.